The normalized spacial score (nSPS) is 11.8. The lowest BCUT2D eigenvalue weighted by Crippen LogP contribution is -2.26. The zero-order valence-electron chi connectivity index (χ0n) is 16.4. The zero-order chi connectivity index (χ0) is 20.5. The Balaban J connectivity index is 1.89. The molecule has 28 heavy (non-hydrogen) atoms. The number of fused-ring (bicyclic) bond motifs is 1. The van der Waals surface area contributed by atoms with E-state index in [2.05, 4.69) is 5.32 Å². The van der Waals surface area contributed by atoms with Crippen LogP contribution in [-0.4, -0.2) is 27.9 Å². The number of carbonyl (C=O) groups excluding carboxylic acids is 1. The molecule has 0 saturated carbocycles. The summed E-state index contributed by atoms with van der Waals surface area (Å²) < 4.78 is 28.0. The predicted molar refractivity (Wildman–Crippen MR) is 116 cm³/mol. The second kappa shape index (κ2) is 7.93. The molecule has 0 aliphatic rings. The first kappa shape index (κ1) is 20.4. The van der Waals surface area contributed by atoms with E-state index in [9.17, 15) is 13.2 Å². The Morgan fingerprint density at radius 2 is 1.79 bits per heavy atom. The van der Waals surface area contributed by atoms with Crippen LogP contribution in [0, 0.1) is 12.8 Å². The Labute approximate surface area is 170 Å². The van der Waals surface area contributed by atoms with E-state index in [0.29, 0.717) is 23.0 Å². The van der Waals surface area contributed by atoms with Crippen molar-refractivity contribution in [3.63, 3.8) is 0 Å². The highest BCUT2D eigenvalue weighted by Crippen LogP contribution is 2.31. The highest BCUT2D eigenvalue weighted by molar-refractivity contribution is 7.92. The summed E-state index contributed by atoms with van der Waals surface area (Å²) in [5.74, 6) is 0.280. The Morgan fingerprint density at radius 3 is 2.43 bits per heavy atom. The molecule has 5 nitrogen and oxygen atoms in total. The molecule has 7 heteroatoms. The van der Waals surface area contributed by atoms with Crippen molar-refractivity contribution < 1.29 is 13.2 Å². The van der Waals surface area contributed by atoms with Crippen LogP contribution in [0.4, 0.5) is 5.69 Å². The molecule has 1 amide bonds. The lowest BCUT2D eigenvalue weighted by atomic mass is 10.2. The van der Waals surface area contributed by atoms with E-state index in [1.807, 2.05) is 32.9 Å². The van der Waals surface area contributed by atoms with Crippen molar-refractivity contribution in [3.05, 3.63) is 59.0 Å². The summed E-state index contributed by atoms with van der Waals surface area (Å²) >= 11 is 1.40. The molecule has 1 heterocycles. The van der Waals surface area contributed by atoms with E-state index in [1.54, 1.807) is 43.4 Å². The number of sulfonamides is 1. The number of nitrogens with zero attached hydrogens (tertiary/aromatic N) is 1. The van der Waals surface area contributed by atoms with Gasteiger partial charge in [0.25, 0.3) is 15.9 Å². The van der Waals surface area contributed by atoms with Crippen molar-refractivity contribution >= 4 is 43.0 Å². The number of benzene rings is 2. The van der Waals surface area contributed by atoms with E-state index < -0.39 is 10.0 Å². The highest BCUT2D eigenvalue weighted by Gasteiger charge is 2.22. The van der Waals surface area contributed by atoms with Gasteiger partial charge in [0.2, 0.25) is 0 Å². The number of carbonyl (C=O) groups is 1. The third-order valence-electron chi connectivity index (χ3n) is 4.44. The lowest BCUT2D eigenvalue weighted by Gasteiger charge is -2.19. The van der Waals surface area contributed by atoms with Crippen molar-refractivity contribution in [2.75, 3.05) is 17.9 Å². The van der Waals surface area contributed by atoms with Crippen molar-refractivity contribution in [3.8, 4) is 0 Å². The fourth-order valence-corrected chi connectivity index (χ4v) is 4.88. The van der Waals surface area contributed by atoms with Crippen LogP contribution in [-0.2, 0) is 10.0 Å². The second-order valence-electron chi connectivity index (χ2n) is 7.22. The summed E-state index contributed by atoms with van der Waals surface area (Å²) in [6, 6.07) is 14.0. The van der Waals surface area contributed by atoms with Gasteiger partial charge in [0.05, 0.1) is 15.5 Å². The zero-order valence-corrected chi connectivity index (χ0v) is 18.0. The van der Waals surface area contributed by atoms with Crippen molar-refractivity contribution in [1.82, 2.24) is 5.32 Å². The van der Waals surface area contributed by atoms with E-state index in [-0.39, 0.29) is 10.8 Å². The molecule has 0 fully saturated rings. The molecular formula is C21H24N2O3S2. The number of hydrogen-bond donors (Lipinski definition) is 1. The second-order valence-corrected chi connectivity index (χ2v) is 10.3. The third kappa shape index (κ3) is 4.20. The molecule has 2 aromatic carbocycles. The van der Waals surface area contributed by atoms with Crippen molar-refractivity contribution in [2.45, 2.75) is 25.7 Å². The Bertz CT molecular complexity index is 1100. The number of hydrogen-bond acceptors (Lipinski definition) is 4. The monoisotopic (exact) mass is 416 g/mol. The molecule has 1 aromatic heterocycles. The van der Waals surface area contributed by atoms with Gasteiger partial charge < -0.3 is 5.32 Å². The maximum Gasteiger partial charge on any atom is 0.264 e. The SMILES string of the molecule is Cc1ccc(S(=O)(=O)N(C)c2ccc3sc(C(=O)NCC(C)C)cc3c2)cc1. The number of thiophene rings is 1. The van der Waals surface area contributed by atoms with Crippen LogP contribution in [0.2, 0.25) is 0 Å². The molecule has 0 atom stereocenters. The van der Waals surface area contributed by atoms with Crippen LogP contribution >= 0.6 is 11.3 Å². The van der Waals surface area contributed by atoms with Crippen molar-refractivity contribution in [1.29, 1.82) is 0 Å². The molecule has 0 bridgehead atoms. The molecule has 0 aliphatic heterocycles. The molecule has 0 radical (unpaired) electrons. The average molecular weight is 417 g/mol. The number of amides is 1. The minimum absolute atomic E-state index is 0.0999. The molecule has 3 rings (SSSR count). The minimum Gasteiger partial charge on any atom is -0.351 e. The average Bonchev–Trinajstić information content (AvgIpc) is 3.09. The Morgan fingerprint density at radius 1 is 1.11 bits per heavy atom. The number of nitrogens with one attached hydrogen (secondary N) is 1. The van der Waals surface area contributed by atoms with Gasteiger partial charge in [-0.25, -0.2) is 8.42 Å². The number of rotatable bonds is 6. The van der Waals surface area contributed by atoms with E-state index in [4.69, 9.17) is 0 Å². The summed E-state index contributed by atoms with van der Waals surface area (Å²) in [4.78, 5) is 13.2. The lowest BCUT2D eigenvalue weighted by molar-refractivity contribution is 0.0953. The molecule has 1 N–H and O–H groups in total. The van der Waals surface area contributed by atoms with Crippen LogP contribution in [0.1, 0.15) is 29.1 Å². The minimum atomic E-state index is -3.65. The summed E-state index contributed by atoms with van der Waals surface area (Å²) in [6.45, 7) is 6.62. The molecule has 0 aliphatic carbocycles. The van der Waals surface area contributed by atoms with Crippen LogP contribution in [0.25, 0.3) is 10.1 Å². The molecule has 0 spiro atoms. The van der Waals surface area contributed by atoms with Gasteiger partial charge in [0.1, 0.15) is 0 Å². The van der Waals surface area contributed by atoms with Gasteiger partial charge in [0, 0.05) is 18.3 Å². The van der Waals surface area contributed by atoms with Gasteiger partial charge >= 0.3 is 0 Å². The third-order valence-corrected chi connectivity index (χ3v) is 7.35. The summed E-state index contributed by atoms with van der Waals surface area (Å²) in [7, 11) is -2.11. The fraction of sp³-hybridized carbons (Fsp3) is 0.286. The quantitative estimate of drug-likeness (QED) is 0.647. The first-order chi connectivity index (χ1) is 13.2. The van der Waals surface area contributed by atoms with Gasteiger partial charge in [-0.2, -0.15) is 0 Å². The Hall–Kier alpha value is -2.38. The van der Waals surface area contributed by atoms with E-state index in [1.165, 1.54) is 15.6 Å². The summed E-state index contributed by atoms with van der Waals surface area (Å²) in [6.07, 6.45) is 0. The number of aryl methyl sites for hydroxylation is 1. The van der Waals surface area contributed by atoms with Crippen LogP contribution < -0.4 is 9.62 Å². The van der Waals surface area contributed by atoms with E-state index >= 15 is 0 Å². The topological polar surface area (TPSA) is 66.5 Å². The molecule has 0 unspecified atom stereocenters. The van der Waals surface area contributed by atoms with Gasteiger partial charge in [-0.3, -0.25) is 9.10 Å². The maximum absolute atomic E-state index is 12.9. The smallest absolute Gasteiger partial charge is 0.264 e. The van der Waals surface area contributed by atoms with Gasteiger partial charge in [-0.1, -0.05) is 31.5 Å². The largest absolute Gasteiger partial charge is 0.351 e. The summed E-state index contributed by atoms with van der Waals surface area (Å²) in [5, 5.41) is 3.76. The molecule has 3 aromatic rings. The van der Waals surface area contributed by atoms with Gasteiger partial charge in [0.15, 0.2) is 0 Å². The molecular weight excluding hydrogens is 392 g/mol. The molecule has 0 saturated heterocycles. The molecule has 148 valence electrons. The standard InChI is InChI=1S/C21H24N2O3S2/c1-14(2)13-22-21(24)20-12-16-11-17(7-10-19(16)27-20)23(4)28(25,26)18-8-5-15(3)6-9-18/h5-12,14H,13H2,1-4H3,(H,22,24). The first-order valence-corrected chi connectivity index (χ1v) is 11.3. The maximum atomic E-state index is 12.9. The summed E-state index contributed by atoms with van der Waals surface area (Å²) in [5.41, 5.74) is 1.56. The van der Waals surface area contributed by atoms with Gasteiger partial charge in [-0.05, 0) is 54.6 Å². The Kier molecular flexibility index (Phi) is 5.76. The van der Waals surface area contributed by atoms with Gasteiger partial charge in [-0.15, -0.1) is 11.3 Å². The van der Waals surface area contributed by atoms with Crippen LogP contribution in [0.15, 0.2) is 53.4 Å². The predicted octanol–water partition coefficient (Wildman–Crippen LogP) is 4.42. The highest BCUT2D eigenvalue weighted by atomic mass is 32.2. The number of anilines is 1. The van der Waals surface area contributed by atoms with Crippen molar-refractivity contribution in [2.24, 2.45) is 5.92 Å². The fourth-order valence-electron chi connectivity index (χ4n) is 2.73. The first-order valence-electron chi connectivity index (χ1n) is 9.06. The van der Waals surface area contributed by atoms with E-state index in [0.717, 1.165) is 15.6 Å². The van der Waals surface area contributed by atoms with Crippen LogP contribution in [0.5, 0.6) is 0 Å². The van der Waals surface area contributed by atoms with Crippen LogP contribution in [0.3, 0.4) is 0 Å².